The average Bonchev–Trinajstić information content (AvgIpc) is 2.46. The molecule has 0 unspecified atom stereocenters. The van der Waals surface area contributed by atoms with E-state index in [1.54, 1.807) is 24.3 Å². The zero-order valence-electron chi connectivity index (χ0n) is 12.0. The minimum Gasteiger partial charge on any atom is -0.508 e. The molecule has 110 valence electrons. The van der Waals surface area contributed by atoms with Crippen LogP contribution in [-0.2, 0) is 11.2 Å². The summed E-state index contributed by atoms with van der Waals surface area (Å²) in [5.74, 6) is 0.946. The molecule has 0 atom stereocenters. The molecule has 0 spiro atoms. The monoisotopic (exact) mass is 285 g/mol. The lowest BCUT2D eigenvalue weighted by Crippen LogP contribution is -2.29. The maximum Gasteiger partial charge on any atom is 0.224 e. The van der Waals surface area contributed by atoms with Gasteiger partial charge in [0.2, 0.25) is 5.91 Å². The Bertz CT molecular complexity index is 593. The third-order valence-electron chi connectivity index (χ3n) is 2.98. The molecule has 0 aliphatic rings. The van der Waals surface area contributed by atoms with Crippen LogP contribution < -0.4 is 10.1 Å². The first kappa shape index (κ1) is 14.9. The summed E-state index contributed by atoms with van der Waals surface area (Å²) in [5, 5.41) is 12.0. The Morgan fingerprint density at radius 1 is 1.19 bits per heavy atom. The molecule has 0 heterocycles. The molecule has 21 heavy (non-hydrogen) atoms. The summed E-state index contributed by atoms with van der Waals surface area (Å²) >= 11 is 0. The number of carbonyl (C=O) groups is 1. The summed E-state index contributed by atoms with van der Waals surface area (Å²) in [5.41, 5.74) is 2.01. The molecule has 4 nitrogen and oxygen atoms in total. The highest BCUT2D eigenvalue weighted by Crippen LogP contribution is 2.12. The Morgan fingerprint density at radius 2 is 1.95 bits per heavy atom. The third-order valence-corrected chi connectivity index (χ3v) is 2.98. The highest BCUT2D eigenvalue weighted by atomic mass is 16.5. The molecule has 0 bridgehead atoms. The molecule has 2 N–H and O–H groups in total. The van der Waals surface area contributed by atoms with Crippen LogP contribution in [0.4, 0.5) is 0 Å². The van der Waals surface area contributed by atoms with Gasteiger partial charge in [0.1, 0.15) is 18.1 Å². The predicted octanol–water partition coefficient (Wildman–Crippen LogP) is 2.44. The molecule has 2 rings (SSSR count). The maximum absolute atomic E-state index is 11.7. The summed E-state index contributed by atoms with van der Waals surface area (Å²) in [7, 11) is 0. The summed E-state index contributed by atoms with van der Waals surface area (Å²) in [6.07, 6.45) is 0.296. The first-order valence-electron chi connectivity index (χ1n) is 6.87. The number of hydrogen-bond acceptors (Lipinski definition) is 3. The van der Waals surface area contributed by atoms with E-state index in [0.29, 0.717) is 19.6 Å². The van der Waals surface area contributed by atoms with Gasteiger partial charge in [-0.3, -0.25) is 4.79 Å². The van der Waals surface area contributed by atoms with Crippen LogP contribution in [0.1, 0.15) is 11.1 Å². The number of rotatable bonds is 6. The van der Waals surface area contributed by atoms with Crippen molar-refractivity contribution in [2.45, 2.75) is 13.3 Å². The first-order chi connectivity index (χ1) is 10.1. The molecule has 0 saturated carbocycles. The fourth-order valence-electron chi connectivity index (χ4n) is 1.93. The van der Waals surface area contributed by atoms with Gasteiger partial charge in [-0.2, -0.15) is 0 Å². The number of amides is 1. The summed E-state index contributed by atoms with van der Waals surface area (Å²) < 4.78 is 5.56. The van der Waals surface area contributed by atoms with Crippen molar-refractivity contribution < 1.29 is 14.6 Å². The van der Waals surface area contributed by atoms with Crippen molar-refractivity contribution in [1.29, 1.82) is 0 Å². The van der Waals surface area contributed by atoms with E-state index in [1.165, 1.54) is 0 Å². The van der Waals surface area contributed by atoms with Gasteiger partial charge >= 0.3 is 0 Å². The molecular formula is C17H19NO3. The smallest absolute Gasteiger partial charge is 0.224 e. The molecule has 4 heteroatoms. The van der Waals surface area contributed by atoms with Gasteiger partial charge in [0.25, 0.3) is 0 Å². The lowest BCUT2D eigenvalue weighted by Gasteiger charge is -2.08. The zero-order valence-corrected chi connectivity index (χ0v) is 12.0. The Balaban J connectivity index is 1.68. The Hall–Kier alpha value is -2.49. The van der Waals surface area contributed by atoms with Gasteiger partial charge in [0, 0.05) is 0 Å². The lowest BCUT2D eigenvalue weighted by atomic mass is 10.1. The Kier molecular flexibility index (Phi) is 5.21. The van der Waals surface area contributed by atoms with Gasteiger partial charge in [0.05, 0.1) is 13.0 Å². The van der Waals surface area contributed by atoms with Crippen molar-refractivity contribution in [3.63, 3.8) is 0 Å². The SMILES string of the molecule is Cc1cccc(OCCNC(=O)Cc2ccc(O)cc2)c1. The molecule has 2 aromatic carbocycles. The van der Waals surface area contributed by atoms with Crippen LogP contribution in [0.5, 0.6) is 11.5 Å². The quantitative estimate of drug-likeness (QED) is 0.801. The van der Waals surface area contributed by atoms with E-state index >= 15 is 0 Å². The summed E-state index contributed by atoms with van der Waals surface area (Å²) in [6.45, 7) is 2.90. The molecule has 0 saturated heterocycles. The minimum atomic E-state index is -0.0615. The van der Waals surface area contributed by atoms with Crippen LogP contribution in [0.2, 0.25) is 0 Å². The van der Waals surface area contributed by atoms with Crippen molar-refractivity contribution in [2.24, 2.45) is 0 Å². The third kappa shape index (κ3) is 5.18. The normalized spacial score (nSPS) is 10.1. The van der Waals surface area contributed by atoms with Crippen LogP contribution >= 0.6 is 0 Å². The molecule has 0 radical (unpaired) electrons. The number of hydrogen-bond donors (Lipinski definition) is 2. The highest BCUT2D eigenvalue weighted by molar-refractivity contribution is 5.78. The van der Waals surface area contributed by atoms with Crippen LogP contribution in [0.15, 0.2) is 48.5 Å². The van der Waals surface area contributed by atoms with Crippen molar-refractivity contribution in [3.05, 3.63) is 59.7 Å². The summed E-state index contributed by atoms with van der Waals surface area (Å²) in [4.78, 5) is 11.7. The van der Waals surface area contributed by atoms with E-state index in [4.69, 9.17) is 4.74 Å². The number of phenols is 1. The van der Waals surface area contributed by atoms with E-state index < -0.39 is 0 Å². The van der Waals surface area contributed by atoms with Crippen molar-refractivity contribution in [1.82, 2.24) is 5.32 Å². The number of phenolic OH excluding ortho intramolecular Hbond substituents is 1. The number of aryl methyl sites for hydroxylation is 1. The second-order valence-corrected chi connectivity index (χ2v) is 4.86. The first-order valence-corrected chi connectivity index (χ1v) is 6.87. The molecule has 0 aliphatic carbocycles. The molecule has 0 aromatic heterocycles. The molecule has 0 fully saturated rings. The number of nitrogens with one attached hydrogen (secondary N) is 1. The number of benzene rings is 2. The largest absolute Gasteiger partial charge is 0.508 e. The van der Waals surface area contributed by atoms with E-state index in [-0.39, 0.29) is 11.7 Å². The van der Waals surface area contributed by atoms with Gasteiger partial charge in [-0.15, -0.1) is 0 Å². The van der Waals surface area contributed by atoms with Gasteiger partial charge in [-0.25, -0.2) is 0 Å². The molecule has 0 aliphatic heterocycles. The average molecular weight is 285 g/mol. The maximum atomic E-state index is 11.7. The standard InChI is InChI=1S/C17H19NO3/c1-13-3-2-4-16(11-13)21-10-9-18-17(20)12-14-5-7-15(19)8-6-14/h2-8,11,19H,9-10,12H2,1H3,(H,18,20). The fourth-order valence-corrected chi connectivity index (χ4v) is 1.93. The van der Waals surface area contributed by atoms with Crippen LogP contribution in [0.3, 0.4) is 0 Å². The van der Waals surface area contributed by atoms with Crippen molar-refractivity contribution in [2.75, 3.05) is 13.2 Å². The van der Waals surface area contributed by atoms with E-state index in [0.717, 1.165) is 16.9 Å². The lowest BCUT2D eigenvalue weighted by molar-refractivity contribution is -0.120. The molecule has 1 amide bonds. The van der Waals surface area contributed by atoms with E-state index in [1.807, 2.05) is 31.2 Å². The van der Waals surface area contributed by atoms with Crippen molar-refractivity contribution in [3.8, 4) is 11.5 Å². The van der Waals surface area contributed by atoms with Crippen LogP contribution in [0, 0.1) is 6.92 Å². The topological polar surface area (TPSA) is 58.6 Å². The molecular weight excluding hydrogens is 266 g/mol. The number of carbonyl (C=O) groups excluding carboxylic acids is 1. The summed E-state index contributed by atoms with van der Waals surface area (Å²) in [6, 6.07) is 14.4. The number of aromatic hydroxyl groups is 1. The highest BCUT2D eigenvalue weighted by Gasteiger charge is 2.03. The minimum absolute atomic E-state index is 0.0615. The van der Waals surface area contributed by atoms with Crippen LogP contribution in [-0.4, -0.2) is 24.2 Å². The van der Waals surface area contributed by atoms with E-state index in [2.05, 4.69) is 5.32 Å². The zero-order chi connectivity index (χ0) is 15.1. The predicted molar refractivity (Wildman–Crippen MR) is 81.5 cm³/mol. The van der Waals surface area contributed by atoms with Crippen LogP contribution in [0.25, 0.3) is 0 Å². The Morgan fingerprint density at radius 3 is 2.67 bits per heavy atom. The van der Waals surface area contributed by atoms with Gasteiger partial charge < -0.3 is 15.2 Å². The number of ether oxygens (including phenoxy) is 1. The van der Waals surface area contributed by atoms with Gasteiger partial charge in [-0.1, -0.05) is 24.3 Å². The van der Waals surface area contributed by atoms with Gasteiger partial charge in [0.15, 0.2) is 0 Å². The van der Waals surface area contributed by atoms with E-state index in [9.17, 15) is 9.90 Å². The Labute approximate surface area is 124 Å². The molecule has 2 aromatic rings. The van der Waals surface area contributed by atoms with Crippen molar-refractivity contribution >= 4 is 5.91 Å². The second kappa shape index (κ2) is 7.33. The fraction of sp³-hybridized carbons (Fsp3) is 0.235. The van der Waals surface area contributed by atoms with Gasteiger partial charge in [-0.05, 0) is 42.3 Å². The second-order valence-electron chi connectivity index (χ2n) is 4.86.